The summed E-state index contributed by atoms with van der Waals surface area (Å²) in [6.45, 7) is 6.56. The summed E-state index contributed by atoms with van der Waals surface area (Å²) in [4.78, 5) is 17.8. The first-order valence-corrected chi connectivity index (χ1v) is 14.5. The second kappa shape index (κ2) is 12.8. The average Bonchev–Trinajstić information content (AvgIpc) is 2.96. The molecule has 2 aliphatic heterocycles. The molecule has 1 fully saturated rings. The zero-order valence-corrected chi connectivity index (χ0v) is 24.9. The van der Waals surface area contributed by atoms with Crippen molar-refractivity contribution in [1.82, 2.24) is 24.8 Å². The van der Waals surface area contributed by atoms with Crippen molar-refractivity contribution in [2.45, 2.75) is 51.2 Å². The molecule has 0 saturated carbocycles. The van der Waals surface area contributed by atoms with Crippen molar-refractivity contribution in [1.29, 1.82) is 0 Å². The maximum atomic E-state index is 15.0. The number of hydrogen-bond acceptors (Lipinski definition) is 8. The molecule has 0 bridgehead atoms. The van der Waals surface area contributed by atoms with Crippen molar-refractivity contribution < 1.29 is 31.1 Å². The zero-order chi connectivity index (χ0) is 31.8. The maximum Gasteiger partial charge on any atom is 0.433 e. The molecule has 2 aromatic heterocycles. The first-order chi connectivity index (χ1) is 20.8. The predicted octanol–water partition coefficient (Wildman–Crippen LogP) is 6.22. The van der Waals surface area contributed by atoms with Crippen molar-refractivity contribution in [3.63, 3.8) is 0 Å². The van der Waals surface area contributed by atoms with Crippen LogP contribution in [0, 0.1) is 11.6 Å². The molecule has 0 radical (unpaired) electrons. The van der Waals surface area contributed by atoms with Crippen molar-refractivity contribution in [3.05, 3.63) is 53.4 Å². The van der Waals surface area contributed by atoms with Gasteiger partial charge in [-0.25, -0.2) is 23.7 Å². The summed E-state index contributed by atoms with van der Waals surface area (Å²) in [6, 6.07) is 5.01. The number of rotatable bonds is 8. The van der Waals surface area contributed by atoms with Gasteiger partial charge in [-0.2, -0.15) is 17.6 Å². The van der Waals surface area contributed by atoms with Crippen molar-refractivity contribution >= 4 is 17.5 Å². The largest absolute Gasteiger partial charge is 0.453 e. The van der Waals surface area contributed by atoms with E-state index in [1.807, 2.05) is 14.1 Å². The summed E-state index contributed by atoms with van der Waals surface area (Å²) < 4.78 is 91.6. The lowest BCUT2D eigenvalue weighted by Gasteiger charge is -2.36. The first kappa shape index (κ1) is 31.8. The number of ether oxygens (including phenoxy) is 1. The number of benzene rings is 1. The normalized spacial score (nSPS) is 18.1. The van der Waals surface area contributed by atoms with E-state index in [4.69, 9.17) is 4.74 Å². The molecular formula is C30H35F6N7O. The Hall–Kier alpha value is -3.65. The highest BCUT2D eigenvalue weighted by molar-refractivity contribution is 5.73. The Bertz CT molecular complexity index is 1480. The zero-order valence-electron chi connectivity index (χ0n) is 24.9. The Morgan fingerprint density at radius 2 is 1.80 bits per heavy atom. The standard InChI is InChI=1S/C30H35F6N7O/c1-17(2)43-16-24(33)44-27-21(31)13-19(14-23(27)43)26-22(32)15-37-29(40-26)39-25-6-5-20(28(38-25)30(34,35)36)18-7-9-42(10-8-18)12-11-41(3)4/h5-6,13-15,17-18,24H,7-12,16H2,1-4H3,(H,37,38,39,40). The van der Waals surface area contributed by atoms with Crippen LogP contribution < -0.4 is 15.0 Å². The third-order valence-corrected chi connectivity index (χ3v) is 7.89. The molecule has 0 aliphatic carbocycles. The molecule has 4 heterocycles. The van der Waals surface area contributed by atoms with Crippen LogP contribution >= 0.6 is 0 Å². The van der Waals surface area contributed by atoms with E-state index in [9.17, 15) is 22.0 Å². The second-order valence-corrected chi connectivity index (χ2v) is 11.6. The number of nitrogens with zero attached hydrogens (tertiary/aromatic N) is 6. The van der Waals surface area contributed by atoms with Gasteiger partial charge in [0, 0.05) is 24.7 Å². The van der Waals surface area contributed by atoms with E-state index in [2.05, 4.69) is 30.1 Å². The Kier molecular flexibility index (Phi) is 9.21. The van der Waals surface area contributed by atoms with Gasteiger partial charge in [0.15, 0.2) is 17.4 Å². The highest BCUT2D eigenvalue weighted by Crippen LogP contribution is 2.41. The van der Waals surface area contributed by atoms with E-state index in [-0.39, 0.29) is 58.5 Å². The summed E-state index contributed by atoms with van der Waals surface area (Å²) in [6.07, 6.45) is -4.44. The molecule has 1 atom stereocenters. The lowest BCUT2D eigenvalue weighted by Crippen LogP contribution is -2.42. The summed E-state index contributed by atoms with van der Waals surface area (Å²) in [5, 5.41) is 2.64. The van der Waals surface area contributed by atoms with Gasteiger partial charge in [0.1, 0.15) is 17.2 Å². The number of aromatic nitrogens is 3. The van der Waals surface area contributed by atoms with Crippen LogP contribution in [0.15, 0.2) is 30.5 Å². The Labute approximate surface area is 252 Å². The van der Waals surface area contributed by atoms with Crippen LogP contribution in [0.2, 0.25) is 0 Å². The summed E-state index contributed by atoms with van der Waals surface area (Å²) >= 11 is 0. The highest BCUT2D eigenvalue weighted by atomic mass is 19.4. The Morgan fingerprint density at radius 1 is 1.07 bits per heavy atom. The fourth-order valence-corrected chi connectivity index (χ4v) is 5.60. The number of anilines is 3. The van der Waals surface area contributed by atoms with Gasteiger partial charge >= 0.3 is 6.18 Å². The predicted molar refractivity (Wildman–Crippen MR) is 155 cm³/mol. The lowest BCUT2D eigenvalue weighted by atomic mass is 9.88. The smallest absolute Gasteiger partial charge is 0.433 e. The third-order valence-electron chi connectivity index (χ3n) is 7.89. The number of likely N-dealkylation sites (N-methyl/N-ethyl adjacent to an activating group) is 1. The van der Waals surface area contributed by atoms with E-state index < -0.39 is 29.9 Å². The monoisotopic (exact) mass is 623 g/mol. The van der Waals surface area contributed by atoms with Crippen molar-refractivity contribution in [3.8, 4) is 17.0 Å². The fraction of sp³-hybridized carbons (Fsp3) is 0.500. The summed E-state index contributed by atoms with van der Waals surface area (Å²) in [5.74, 6) is -2.79. The Morgan fingerprint density at radius 3 is 2.45 bits per heavy atom. The van der Waals surface area contributed by atoms with Gasteiger partial charge in [-0.15, -0.1) is 0 Å². The fourth-order valence-electron chi connectivity index (χ4n) is 5.60. The highest BCUT2D eigenvalue weighted by Gasteiger charge is 2.38. The summed E-state index contributed by atoms with van der Waals surface area (Å²) in [5.41, 5.74) is -0.913. The minimum Gasteiger partial charge on any atom is -0.453 e. The van der Waals surface area contributed by atoms with Gasteiger partial charge in [-0.05, 0) is 83.6 Å². The van der Waals surface area contributed by atoms with Crippen LogP contribution in [-0.2, 0) is 6.18 Å². The average molecular weight is 624 g/mol. The molecule has 1 saturated heterocycles. The van der Waals surface area contributed by atoms with Gasteiger partial charge in [-0.1, -0.05) is 6.07 Å². The number of piperidine rings is 1. The van der Waals surface area contributed by atoms with Gasteiger partial charge in [0.25, 0.3) is 6.36 Å². The molecular weight excluding hydrogens is 588 g/mol. The van der Waals surface area contributed by atoms with Crippen molar-refractivity contribution in [2.75, 3.05) is 57.0 Å². The van der Waals surface area contributed by atoms with E-state index >= 15 is 4.39 Å². The molecule has 44 heavy (non-hydrogen) atoms. The van der Waals surface area contributed by atoms with Gasteiger partial charge in [0.2, 0.25) is 5.95 Å². The van der Waals surface area contributed by atoms with Crippen LogP contribution in [0.25, 0.3) is 11.3 Å². The first-order valence-electron chi connectivity index (χ1n) is 14.5. The Balaban J connectivity index is 1.40. The van der Waals surface area contributed by atoms with E-state index in [1.54, 1.807) is 18.7 Å². The van der Waals surface area contributed by atoms with E-state index in [1.165, 1.54) is 18.2 Å². The molecule has 3 aromatic rings. The molecule has 238 valence electrons. The quantitative estimate of drug-likeness (QED) is 0.297. The van der Waals surface area contributed by atoms with E-state index in [0.717, 1.165) is 25.4 Å². The van der Waals surface area contributed by atoms with Gasteiger partial charge in [-0.3, -0.25) is 0 Å². The van der Waals surface area contributed by atoms with Gasteiger partial charge < -0.3 is 24.8 Å². The number of halogens is 6. The van der Waals surface area contributed by atoms with Crippen LogP contribution in [0.3, 0.4) is 0 Å². The molecule has 14 heteroatoms. The van der Waals surface area contributed by atoms with Gasteiger partial charge in [0.05, 0.1) is 18.4 Å². The summed E-state index contributed by atoms with van der Waals surface area (Å²) in [7, 11) is 3.96. The van der Waals surface area contributed by atoms with Crippen LogP contribution in [-0.4, -0.2) is 84.0 Å². The topological polar surface area (TPSA) is 69.7 Å². The number of pyridine rings is 1. The number of alkyl halides is 4. The number of nitrogens with one attached hydrogen (secondary N) is 1. The molecule has 8 nitrogen and oxygen atoms in total. The molecule has 0 spiro atoms. The number of likely N-dealkylation sites (tertiary alicyclic amines) is 1. The van der Waals surface area contributed by atoms with Crippen molar-refractivity contribution in [2.24, 2.45) is 0 Å². The number of hydrogen-bond donors (Lipinski definition) is 1. The second-order valence-electron chi connectivity index (χ2n) is 11.6. The minimum atomic E-state index is -4.70. The third kappa shape index (κ3) is 7.01. The molecule has 1 N–H and O–H groups in total. The van der Waals surface area contributed by atoms with Crippen LogP contribution in [0.4, 0.5) is 43.8 Å². The van der Waals surface area contributed by atoms with E-state index in [0.29, 0.717) is 25.9 Å². The maximum absolute atomic E-state index is 15.0. The molecule has 1 aromatic carbocycles. The minimum absolute atomic E-state index is 0.0203. The van der Waals surface area contributed by atoms with Crippen LogP contribution in [0.5, 0.6) is 5.75 Å². The number of fused-ring (bicyclic) bond motifs is 1. The molecule has 1 unspecified atom stereocenters. The molecule has 5 rings (SSSR count). The molecule has 0 amide bonds. The lowest BCUT2D eigenvalue weighted by molar-refractivity contribution is -0.142. The SMILES string of the molecule is CC(C)N1CC(F)Oc2c(F)cc(-c3nc(Nc4ccc(C5CCN(CCN(C)C)CC5)c(C(F)(F)F)n4)ncc3F)cc21. The van der Waals surface area contributed by atoms with Crippen LogP contribution in [0.1, 0.15) is 43.9 Å². The molecule has 2 aliphatic rings.